The third kappa shape index (κ3) is 3.44. The van der Waals surface area contributed by atoms with E-state index in [1.54, 1.807) is 14.1 Å². The Morgan fingerprint density at radius 2 is 1.82 bits per heavy atom. The third-order valence-electron chi connectivity index (χ3n) is 0.987. The van der Waals surface area contributed by atoms with Gasteiger partial charge in [0.1, 0.15) is 0 Å². The molecule has 0 fully saturated rings. The van der Waals surface area contributed by atoms with Crippen LogP contribution in [0.4, 0.5) is 0 Å². The summed E-state index contributed by atoms with van der Waals surface area (Å²) in [6.07, 6.45) is 0. The maximum atomic E-state index is 10.4. The van der Waals surface area contributed by atoms with Gasteiger partial charge in [-0.3, -0.25) is 10.2 Å². The fourth-order valence-corrected chi connectivity index (χ4v) is 0.518. The Hall–Kier alpha value is -1.26. The summed E-state index contributed by atoms with van der Waals surface area (Å²) in [6.45, 7) is 1.29. The van der Waals surface area contributed by atoms with E-state index < -0.39 is 5.97 Å². The standard InChI is InChI=1S/C6H13N3O2/c1-5(10)11-9(4)6(7)8(2)3/h7H,1-4H3. The zero-order valence-electron chi connectivity index (χ0n) is 7.21. The number of nitrogens with zero attached hydrogens (tertiary/aromatic N) is 2. The van der Waals surface area contributed by atoms with Gasteiger partial charge < -0.3 is 9.74 Å². The molecule has 0 rings (SSSR count). The van der Waals surface area contributed by atoms with E-state index in [-0.39, 0.29) is 5.96 Å². The summed E-state index contributed by atoms with van der Waals surface area (Å²) in [7, 11) is 4.90. The number of carbonyl (C=O) groups excluding carboxylic acids is 1. The maximum absolute atomic E-state index is 10.4. The van der Waals surface area contributed by atoms with Crippen molar-refractivity contribution in [3.63, 3.8) is 0 Å². The van der Waals surface area contributed by atoms with Crippen LogP contribution in [0.1, 0.15) is 6.92 Å². The number of carbonyl (C=O) groups is 1. The fourth-order valence-electron chi connectivity index (χ4n) is 0.518. The minimum Gasteiger partial charge on any atom is -0.347 e. The quantitative estimate of drug-likeness (QED) is 0.304. The second-order valence-electron chi connectivity index (χ2n) is 2.30. The number of nitrogens with one attached hydrogen (secondary N) is 1. The lowest BCUT2D eigenvalue weighted by molar-refractivity contribution is -0.167. The van der Waals surface area contributed by atoms with Crippen LogP contribution in [0.15, 0.2) is 0 Å². The van der Waals surface area contributed by atoms with Gasteiger partial charge in [0.05, 0.1) is 0 Å². The Kier molecular flexibility index (Phi) is 3.36. The Morgan fingerprint density at radius 3 is 2.09 bits per heavy atom. The molecular formula is C6H13N3O2. The van der Waals surface area contributed by atoms with Crippen molar-refractivity contribution in [2.75, 3.05) is 21.1 Å². The number of hydrogen-bond donors (Lipinski definition) is 1. The fraction of sp³-hybridized carbons (Fsp3) is 0.667. The number of rotatable bonds is 0. The average molecular weight is 159 g/mol. The SMILES string of the molecule is CC(=O)ON(C)C(=N)N(C)C. The van der Waals surface area contributed by atoms with E-state index in [9.17, 15) is 4.79 Å². The minimum atomic E-state index is -0.431. The van der Waals surface area contributed by atoms with Gasteiger partial charge >= 0.3 is 5.97 Å². The molecule has 1 N–H and O–H groups in total. The minimum absolute atomic E-state index is 0.125. The molecule has 0 heterocycles. The topological polar surface area (TPSA) is 56.6 Å². The molecule has 0 saturated heterocycles. The van der Waals surface area contributed by atoms with Gasteiger partial charge in [0.25, 0.3) is 0 Å². The average Bonchev–Trinajstić information content (AvgIpc) is 1.84. The Morgan fingerprint density at radius 1 is 1.36 bits per heavy atom. The smallest absolute Gasteiger partial charge is 0.329 e. The third-order valence-corrected chi connectivity index (χ3v) is 0.987. The lowest BCUT2D eigenvalue weighted by atomic mass is 10.8. The first-order valence-electron chi connectivity index (χ1n) is 3.13. The molecule has 0 aliphatic carbocycles. The summed E-state index contributed by atoms with van der Waals surface area (Å²) in [5.74, 6) is -0.306. The molecule has 0 amide bonds. The molecular weight excluding hydrogens is 146 g/mol. The van der Waals surface area contributed by atoms with Crippen LogP contribution in [-0.4, -0.2) is 43.0 Å². The summed E-state index contributed by atoms with van der Waals surface area (Å²) >= 11 is 0. The zero-order valence-corrected chi connectivity index (χ0v) is 7.21. The number of hydrogen-bond acceptors (Lipinski definition) is 3. The van der Waals surface area contributed by atoms with Crippen molar-refractivity contribution in [1.82, 2.24) is 9.96 Å². The van der Waals surface area contributed by atoms with Crippen molar-refractivity contribution in [2.45, 2.75) is 6.92 Å². The van der Waals surface area contributed by atoms with Crippen molar-refractivity contribution in [3.8, 4) is 0 Å². The van der Waals surface area contributed by atoms with E-state index in [1.807, 2.05) is 0 Å². The molecule has 0 aromatic carbocycles. The Bertz CT molecular complexity index is 167. The molecule has 5 heteroatoms. The molecule has 11 heavy (non-hydrogen) atoms. The van der Waals surface area contributed by atoms with Crippen LogP contribution in [0.5, 0.6) is 0 Å². The van der Waals surface area contributed by atoms with Crippen molar-refractivity contribution in [2.24, 2.45) is 0 Å². The molecule has 0 aromatic heterocycles. The van der Waals surface area contributed by atoms with E-state index in [2.05, 4.69) is 4.84 Å². The van der Waals surface area contributed by atoms with Gasteiger partial charge in [-0.05, 0) is 0 Å². The van der Waals surface area contributed by atoms with Crippen molar-refractivity contribution >= 4 is 11.9 Å². The van der Waals surface area contributed by atoms with Crippen molar-refractivity contribution < 1.29 is 9.63 Å². The van der Waals surface area contributed by atoms with Crippen molar-refractivity contribution in [1.29, 1.82) is 5.41 Å². The van der Waals surface area contributed by atoms with Crippen LogP contribution in [0.3, 0.4) is 0 Å². The molecule has 0 radical (unpaired) electrons. The highest BCUT2D eigenvalue weighted by molar-refractivity contribution is 5.77. The van der Waals surface area contributed by atoms with Crippen LogP contribution < -0.4 is 0 Å². The van der Waals surface area contributed by atoms with Gasteiger partial charge in [0, 0.05) is 28.1 Å². The Balaban J connectivity index is 3.93. The molecule has 0 aromatic rings. The monoisotopic (exact) mass is 159 g/mol. The molecule has 0 saturated carbocycles. The zero-order chi connectivity index (χ0) is 9.02. The lowest BCUT2D eigenvalue weighted by Crippen LogP contribution is -2.38. The molecule has 0 unspecified atom stereocenters. The second-order valence-corrected chi connectivity index (χ2v) is 2.30. The van der Waals surface area contributed by atoms with Crippen LogP contribution >= 0.6 is 0 Å². The van der Waals surface area contributed by atoms with Gasteiger partial charge in [-0.1, -0.05) is 0 Å². The van der Waals surface area contributed by atoms with E-state index >= 15 is 0 Å². The lowest BCUT2D eigenvalue weighted by Gasteiger charge is -2.22. The summed E-state index contributed by atoms with van der Waals surface area (Å²) in [6, 6.07) is 0. The van der Waals surface area contributed by atoms with Crippen LogP contribution in [0, 0.1) is 5.41 Å². The number of guanidine groups is 1. The predicted molar refractivity (Wildman–Crippen MR) is 40.9 cm³/mol. The summed E-state index contributed by atoms with van der Waals surface area (Å²) in [5, 5.41) is 8.42. The predicted octanol–water partition coefficient (Wildman–Crippen LogP) is -0.107. The largest absolute Gasteiger partial charge is 0.347 e. The van der Waals surface area contributed by atoms with Gasteiger partial charge in [-0.25, -0.2) is 0 Å². The molecule has 64 valence electrons. The van der Waals surface area contributed by atoms with E-state index in [4.69, 9.17) is 5.41 Å². The van der Waals surface area contributed by atoms with E-state index in [0.717, 1.165) is 5.06 Å². The highest BCUT2D eigenvalue weighted by Crippen LogP contribution is 1.90. The van der Waals surface area contributed by atoms with E-state index in [0.29, 0.717) is 0 Å². The van der Waals surface area contributed by atoms with Crippen LogP contribution in [0.2, 0.25) is 0 Å². The van der Waals surface area contributed by atoms with Gasteiger partial charge in [0.2, 0.25) is 5.96 Å². The first kappa shape index (κ1) is 9.74. The molecule has 0 aliphatic heterocycles. The summed E-state index contributed by atoms with van der Waals surface area (Å²) < 4.78 is 0. The normalized spacial score (nSPS) is 8.73. The molecule has 5 nitrogen and oxygen atoms in total. The summed E-state index contributed by atoms with van der Waals surface area (Å²) in [4.78, 5) is 16.5. The van der Waals surface area contributed by atoms with Crippen LogP contribution in [-0.2, 0) is 9.63 Å². The van der Waals surface area contributed by atoms with Crippen LogP contribution in [0.25, 0.3) is 0 Å². The maximum Gasteiger partial charge on any atom is 0.329 e. The van der Waals surface area contributed by atoms with Gasteiger partial charge in [-0.15, -0.1) is 0 Å². The van der Waals surface area contributed by atoms with Gasteiger partial charge in [0.15, 0.2) is 0 Å². The Labute approximate surface area is 66.0 Å². The molecule has 0 aliphatic rings. The van der Waals surface area contributed by atoms with Gasteiger partial charge in [-0.2, -0.15) is 5.06 Å². The highest BCUT2D eigenvalue weighted by atomic mass is 16.7. The highest BCUT2D eigenvalue weighted by Gasteiger charge is 2.08. The summed E-state index contributed by atoms with van der Waals surface area (Å²) in [5.41, 5.74) is 0. The molecule has 0 bridgehead atoms. The van der Waals surface area contributed by atoms with E-state index in [1.165, 1.54) is 18.9 Å². The second kappa shape index (κ2) is 3.80. The molecule has 0 atom stereocenters. The first-order valence-corrected chi connectivity index (χ1v) is 3.13. The number of hydroxylamine groups is 2. The molecule has 0 spiro atoms. The van der Waals surface area contributed by atoms with Crippen molar-refractivity contribution in [3.05, 3.63) is 0 Å². The first-order chi connectivity index (χ1) is 4.95.